The molecule has 0 saturated heterocycles. The molecule has 0 spiro atoms. The predicted octanol–water partition coefficient (Wildman–Crippen LogP) is 1.27. The van der Waals surface area contributed by atoms with Gasteiger partial charge < -0.3 is 10.5 Å². The molecule has 2 N–H and O–H groups in total. The van der Waals surface area contributed by atoms with Crippen LogP contribution in [0.5, 0.6) is 0 Å². The zero-order valence-corrected chi connectivity index (χ0v) is 8.83. The monoisotopic (exact) mass is 203 g/mol. The van der Waals surface area contributed by atoms with Gasteiger partial charge in [0.25, 0.3) is 0 Å². The second-order valence-corrected chi connectivity index (χ2v) is 3.25. The number of hydrogen-bond donors (Lipinski definition) is 1. The van der Waals surface area contributed by atoms with Gasteiger partial charge in [-0.05, 0) is 30.2 Å². The Morgan fingerprint density at radius 1 is 1.60 bits per heavy atom. The lowest BCUT2D eigenvalue weighted by Gasteiger charge is -2.08. The Bertz CT molecular complexity index is 430. The van der Waals surface area contributed by atoms with Gasteiger partial charge in [0.2, 0.25) is 0 Å². The van der Waals surface area contributed by atoms with Gasteiger partial charge >= 0.3 is 5.97 Å². The van der Waals surface area contributed by atoms with Gasteiger partial charge in [-0.3, -0.25) is 4.79 Å². The van der Waals surface area contributed by atoms with E-state index in [-0.39, 0.29) is 12.4 Å². The first kappa shape index (κ1) is 11.1. The third-order valence-electron chi connectivity index (χ3n) is 2.26. The summed E-state index contributed by atoms with van der Waals surface area (Å²) < 4.78 is 4.59. The maximum absolute atomic E-state index is 11.1. The molecular formula is C12H13NO2. The van der Waals surface area contributed by atoms with Crippen molar-refractivity contribution < 1.29 is 9.53 Å². The van der Waals surface area contributed by atoms with Crippen molar-refractivity contribution in [3.63, 3.8) is 0 Å². The van der Waals surface area contributed by atoms with Crippen LogP contribution in [0.1, 0.15) is 16.7 Å². The smallest absolute Gasteiger partial charge is 0.309 e. The van der Waals surface area contributed by atoms with Gasteiger partial charge in [0, 0.05) is 11.3 Å². The highest BCUT2D eigenvalue weighted by Crippen LogP contribution is 2.18. The number of nitrogen functional groups attached to an aromatic ring is 1. The molecule has 0 bridgehead atoms. The minimum absolute atomic E-state index is 0.196. The quantitative estimate of drug-likeness (QED) is 0.447. The highest BCUT2D eigenvalue weighted by atomic mass is 16.5. The van der Waals surface area contributed by atoms with Gasteiger partial charge in [-0.2, -0.15) is 0 Å². The summed E-state index contributed by atoms with van der Waals surface area (Å²) in [5.74, 6) is 2.24. The Labute approximate surface area is 89.2 Å². The molecule has 0 aliphatic rings. The van der Waals surface area contributed by atoms with Gasteiger partial charge in [0.15, 0.2) is 0 Å². The molecule has 1 aromatic carbocycles. The molecule has 0 radical (unpaired) electrons. The van der Waals surface area contributed by atoms with Crippen molar-refractivity contribution in [3.05, 3.63) is 28.8 Å². The zero-order valence-electron chi connectivity index (χ0n) is 8.83. The molecule has 0 amide bonds. The first-order chi connectivity index (χ1) is 7.08. The molecular weight excluding hydrogens is 190 g/mol. The minimum atomic E-state index is -0.299. The lowest BCUT2D eigenvalue weighted by atomic mass is 9.99. The summed E-state index contributed by atoms with van der Waals surface area (Å²) in [7, 11) is 1.35. The topological polar surface area (TPSA) is 52.3 Å². The van der Waals surface area contributed by atoms with Crippen molar-refractivity contribution in [1.29, 1.82) is 0 Å². The molecule has 78 valence electrons. The van der Waals surface area contributed by atoms with Crippen LogP contribution in [-0.4, -0.2) is 13.1 Å². The summed E-state index contributed by atoms with van der Waals surface area (Å²) in [5.41, 5.74) is 8.67. The van der Waals surface area contributed by atoms with E-state index in [4.69, 9.17) is 12.2 Å². The minimum Gasteiger partial charge on any atom is -0.469 e. The maximum Gasteiger partial charge on any atom is 0.309 e. The number of carbonyl (C=O) groups excluding carboxylic acids is 1. The largest absolute Gasteiger partial charge is 0.469 e. The van der Waals surface area contributed by atoms with Crippen LogP contribution in [0.3, 0.4) is 0 Å². The second-order valence-electron chi connectivity index (χ2n) is 3.25. The fraction of sp³-hybridized carbons (Fsp3) is 0.250. The molecule has 0 saturated carbocycles. The molecule has 1 aromatic rings. The summed E-state index contributed by atoms with van der Waals surface area (Å²) in [4.78, 5) is 11.1. The van der Waals surface area contributed by atoms with Gasteiger partial charge in [0.05, 0.1) is 13.5 Å². The number of anilines is 1. The normalized spacial score (nSPS) is 9.40. The number of rotatable bonds is 2. The molecule has 0 atom stereocenters. The van der Waals surface area contributed by atoms with Crippen molar-refractivity contribution in [2.45, 2.75) is 13.3 Å². The van der Waals surface area contributed by atoms with Crippen LogP contribution < -0.4 is 5.73 Å². The van der Waals surface area contributed by atoms with Crippen LogP contribution in [0, 0.1) is 19.3 Å². The number of nitrogens with two attached hydrogens (primary N) is 1. The van der Waals surface area contributed by atoms with Crippen molar-refractivity contribution >= 4 is 11.7 Å². The third kappa shape index (κ3) is 2.50. The number of ether oxygens (including phenoxy) is 1. The zero-order chi connectivity index (χ0) is 11.4. The Morgan fingerprint density at radius 3 is 2.80 bits per heavy atom. The Hall–Kier alpha value is -1.95. The van der Waals surface area contributed by atoms with E-state index in [1.54, 1.807) is 12.1 Å². The average Bonchev–Trinajstić information content (AvgIpc) is 2.22. The molecule has 0 unspecified atom stereocenters. The number of esters is 1. The molecule has 0 fully saturated rings. The number of hydrogen-bond acceptors (Lipinski definition) is 3. The maximum atomic E-state index is 11.1. The molecule has 0 heterocycles. The molecule has 1 rings (SSSR count). The van der Waals surface area contributed by atoms with E-state index in [9.17, 15) is 4.79 Å². The lowest BCUT2D eigenvalue weighted by molar-refractivity contribution is -0.139. The molecule has 0 aliphatic heterocycles. The Balaban J connectivity index is 3.13. The van der Waals surface area contributed by atoms with Crippen molar-refractivity contribution in [2.24, 2.45) is 0 Å². The standard InChI is InChI=1S/C12H13NO2/c1-4-9-5-11(13)6-10(8(9)2)7-12(14)15-3/h1,5-6H,7,13H2,2-3H3. The fourth-order valence-corrected chi connectivity index (χ4v) is 1.36. The molecule has 3 heteroatoms. The van der Waals surface area contributed by atoms with E-state index in [0.29, 0.717) is 11.3 Å². The van der Waals surface area contributed by atoms with Gasteiger partial charge in [-0.15, -0.1) is 6.42 Å². The highest BCUT2D eigenvalue weighted by molar-refractivity contribution is 5.74. The number of terminal acetylenes is 1. The number of methoxy groups -OCH3 is 1. The second kappa shape index (κ2) is 4.52. The van der Waals surface area contributed by atoms with Crippen molar-refractivity contribution in [1.82, 2.24) is 0 Å². The van der Waals surface area contributed by atoms with Gasteiger partial charge in [-0.1, -0.05) is 5.92 Å². The Kier molecular flexibility index (Phi) is 3.35. The molecule has 0 aliphatic carbocycles. The number of benzene rings is 1. The molecule has 0 aromatic heterocycles. The van der Waals surface area contributed by atoms with Crippen molar-refractivity contribution in [3.8, 4) is 12.3 Å². The fourth-order valence-electron chi connectivity index (χ4n) is 1.36. The van der Waals surface area contributed by atoms with Gasteiger partial charge in [0.1, 0.15) is 0 Å². The van der Waals surface area contributed by atoms with Crippen LogP contribution in [0.4, 0.5) is 5.69 Å². The average molecular weight is 203 g/mol. The molecule has 15 heavy (non-hydrogen) atoms. The van der Waals surface area contributed by atoms with E-state index < -0.39 is 0 Å². The highest BCUT2D eigenvalue weighted by Gasteiger charge is 2.09. The third-order valence-corrected chi connectivity index (χ3v) is 2.26. The predicted molar refractivity (Wildman–Crippen MR) is 59.2 cm³/mol. The van der Waals surface area contributed by atoms with Crippen LogP contribution >= 0.6 is 0 Å². The summed E-state index contributed by atoms with van der Waals surface area (Å²) >= 11 is 0. The number of carbonyl (C=O) groups is 1. The summed E-state index contributed by atoms with van der Waals surface area (Å²) in [5, 5.41) is 0. The van der Waals surface area contributed by atoms with Crippen LogP contribution in [0.15, 0.2) is 12.1 Å². The summed E-state index contributed by atoms with van der Waals surface area (Å²) in [6, 6.07) is 3.46. The van der Waals surface area contributed by atoms with Crippen LogP contribution in [0.25, 0.3) is 0 Å². The van der Waals surface area contributed by atoms with E-state index in [1.165, 1.54) is 7.11 Å². The first-order valence-electron chi connectivity index (χ1n) is 4.51. The lowest BCUT2D eigenvalue weighted by Crippen LogP contribution is -2.07. The first-order valence-corrected chi connectivity index (χ1v) is 4.51. The molecule has 3 nitrogen and oxygen atoms in total. The summed E-state index contributed by atoms with van der Waals surface area (Å²) in [6.45, 7) is 1.87. The SMILES string of the molecule is C#Cc1cc(N)cc(CC(=O)OC)c1C. The van der Waals surface area contributed by atoms with E-state index in [1.807, 2.05) is 6.92 Å². The summed E-state index contributed by atoms with van der Waals surface area (Å²) in [6.07, 6.45) is 5.53. The van der Waals surface area contributed by atoms with E-state index in [0.717, 1.165) is 11.1 Å². The van der Waals surface area contributed by atoms with Crippen LogP contribution in [0.2, 0.25) is 0 Å². The van der Waals surface area contributed by atoms with E-state index >= 15 is 0 Å². The van der Waals surface area contributed by atoms with Crippen LogP contribution in [-0.2, 0) is 16.0 Å². The van der Waals surface area contributed by atoms with Crippen molar-refractivity contribution in [2.75, 3.05) is 12.8 Å². The van der Waals surface area contributed by atoms with E-state index in [2.05, 4.69) is 10.7 Å². The van der Waals surface area contributed by atoms with Gasteiger partial charge in [-0.25, -0.2) is 0 Å². The Morgan fingerprint density at radius 2 is 2.27 bits per heavy atom.